The standard InChI is InChI=1S/C16H22N2O3S/c19-15(13-5-10-22-11-13)17-6-7-18(16(20)12-1-2-12)14-3-8-21-9-4-14/h5,10-12,14H,1-4,6-9H2,(H,17,19). The van der Waals surface area contributed by atoms with Crippen LogP contribution in [0.3, 0.4) is 0 Å². The fourth-order valence-corrected chi connectivity index (χ4v) is 3.46. The molecule has 5 nitrogen and oxygen atoms in total. The van der Waals surface area contributed by atoms with Gasteiger partial charge in [0.05, 0.1) is 0 Å². The molecule has 1 N–H and O–H groups in total. The maximum atomic E-state index is 12.5. The number of hydrogen-bond donors (Lipinski definition) is 1. The molecule has 2 aliphatic rings. The normalized spacial score (nSPS) is 18.9. The lowest BCUT2D eigenvalue weighted by atomic mass is 10.1. The van der Waals surface area contributed by atoms with Crippen molar-refractivity contribution in [2.75, 3.05) is 26.3 Å². The SMILES string of the molecule is O=C(NCCN(C(=O)C1CC1)C1CCOCC1)c1ccsc1. The molecule has 120 valence electrons. The summed E-state index contributed by atoms with van der Waals surface area (Å²) >= 11 is 1.51. The molecule has 1 aliphatic carbocycles. The minimum Gasteiger partial charge on any atom is -0.381 e. The van der Waals surface area contributed by atoms with Crippen molar-refractivity contribution in [2.45, 2.75) is 31.7 Å². The largest absolute Gasteiger partial charge is 0.381 e. The van der Waals surface area contributed by atoms with Gasteiger partial charge in [-0.2, -0.15) is 11.3 Å². The molecule has 0 bridgehead atoms. The van der Waals surface area contributed by atoms with Crippen LogP contribution in [-0.2, 0) is 9.53 Å². The van der Waals surface area contributed by atoms with Crippen LogP contribution in [0.5, 0.6) is 0 Å². The molecule has 2 amide bonds. The quantitative estimate of drug-likeness (QED) is 0.870. The highest BCUT2D eigenvalue weighted by molar-refractivity contribution is 7.08. The van der Waals surface area contributed by atoms with Crippen LogP contribution in [0.15, 0.2) is 16.8 Å². The Morgan fingerprint density at radius 2 is 2.05 bits per heavy atom. The van der Waals surface area contributed by atoms with Crippen LogP contribution in [0.1, 0.15) is 36.0 Å². The summed E-state index contributed by atoms with van der Waals surface area (Å²) in [6, 6.07) is 2.07. The molecule has 3 rings (SSSR count). The van der Waals surface area contributed by atoms with Gasteiger partial charge in [-0.15, -0.1) is 0 Å². The zero-order chi connectivity index (χ0) is 15.4. The molecule has 2 heterocycles. The molecule has 0 radical (unpaired) electrons. The van der Waals surface area contributed by atoms with Gasteiger partial charge in [0.15, 0.2) is 0 Å². The van der Waals surface area contributed by atoms with Crippen molar-refractivity contribution in [3.05, 3.63) is 22.4 Å². The first kappa shape index (κ1) is 15.5. The summed E-state index contributed by atoms with van der Waals surface area (Å²) in [4.78, 5) is 26.4. The number of amides is 2. The van der Waals surface area contributed by atoms with Gasteiger partial charge in [0.25, 0.3) is 5.91 Å². The summed E-state index contributed by atoms with van der Waals surface area (Å²) in [5, 5.41) is 6.63. The van der Waals surface area contributed by atoms with Gasteiger partial charge in [-0.05, 0) is 37.1 Å². The number of nitrogens with zero attached hydrogens (tertiary/aromatic N) is 1. The minimum absolute atomic E-state index is 0.0629. The fourth-order valence-electron chi connectivity index (χ4n) is 2.82. The summed E-state index contributed by atoms with van der Waals surface area (Å²) in [7, 11) is 0. The highest BCUT2D eigenvalue weighted by Crippen LogP contribution is 2.32. The lowest BCUT2D eigenvalue weighted by Gasteiger charge is -2.34. The lowest BCUT2D eigenvalue weighted by Crippen LogP contribution is -2.47. The van der Waals surface area contributed by atoms with Crippen LogP contribution in [0, 0.1) is 5.92 Å². The van der Waals surface area contributed by atoms with Crippen LogP contribution in [0.4, 0.5) is 0 Å². The highest BCUT2D eigenvalue weighted by atomic mass is 32.1. The number of rotatable bonds is 6. The summed E-state index contributed by atoms with van der Waals surface area (Å²) in [6.45, 7) is 2.54. The number of nitrogens with one attached hydrogen (secondary N) is 1. The molecule has 1 aromatic rings. The molecule has 0 atom stereocenters. The van der Waals surface area contributed by atoms with E-state index in [9.17, 15) is 9.59 Å². The molecule has 1 saturated carbocycles. The monoisotopic (exact) mass is 322 g/mol. The van der Waals surface area contributed by atoms with Crippen LogP contribution in [0.2, 0.25) is 0 Å². The van der Waals surface area contributed by atoms with Crippen LogP contribution in [-0.4, -0.2) is 49.1 Å². The molecule has 1 saturated heterocycles. The van der Waals surface area contributed by atoms with E-state index in [4.69, 9.17) is 4.74 Å². The smallest absolute Gasteiger partial charge is 0.252 e. The lowest BCUT2D eigenvalue weighted by molar-refractivity contribution is -0.136. The predicted molar refractivity (Wildman–Crippen MR) is 84.9 cm³/mol. The van der Waals surface area contributed by atoms with Crippen LogP contribution in [0.25, 0.3) is 0 Å². The molecule has 0 aromatic carbocycles. The molecule has 22 heavy (non-hydrogen) atoms. The third-order valence-electron chi connectivity index (χ3n) is 4.26. The van der Waals surface area contributed by atoms with Gasteiger partial charge < -0.3 is 15.0 Å². The maximum absolute atomic E-state index is 12.5. The molecule has 1 aliphatic heterocycles. The van der Waals surface area contributed by atoms with E-state index in [1.165, 1.54) is 11.3 Å². The number of hydrogen-bond acceptors (Lipinski definition) is 4. The molecular formula is C16H22N2O3S. The first-order chi connectivity index (χ1) is 10.8. The van der Waals surface area contributed by atoms with Crippen molar-refractivity contribution in [1.29, 1.82) is 0 Å². The van der Waals surface area contributed by atoms with Gasteiger partial charge in [-0.1, -0.05) is 0 Å². The number of carbonyl (C=O) groups is 2. The Morgan fingerprint density at radius 3 is 2.68 bits per heavy atom. The molecular weight excluding hydrogens is 300 g/mol. The Labute approximate surface area is 134 Å². The summed E-state index contributed by atoms with van der Waals surface area (Å²) in [5.74, 6) is 0.416. The van der Waals surface area contributed by atoms with Gasteiger partial charge >= 0.3 is 0 Å². The second-order valence-electron chi connectivity index (χ2n) is 5.92. The Bertz CT molecular complexity index is 507. The van der Waals surface area contributed by atoms with Crippen molar-refractivity contribution in [3.8, 4) is 0 Å². The van der Waals surface area contributed by atoms with Gasteiger partial charge in [-0.3, -0.25) is 9.59 Å². The summed E-state index contributed by atoms with van der Waals surface area (Å²) in [6.07, 6.45) is 3.83. The Hall–Kier alpha value is -1.40. The van der Waals surface area contributed by atoms with E-state index < -0.39 is 0 Å². The third-order valence-corrected chi connectivity index (χ3v) is 4.95. The average molecular weight is 322 g/mol. The fraction of sp³-hybridized carbons (Fsp3) is 0.625. The Morgan fingerprint density at radius 1 is 1.27 bits per heavy atom. The molecule has 2 fully saturated rings. The van der Waals surface area contributed by atoms with Crippen molar-refractivity contribution in [2.24, 2.45) is 5.92 Å². The van der Waals surface area contributed by atoms with Crippen LogP contribution >= 0.6 is 11.3 Å². The second kappa shape index (κ2) is 7.24. The highest BCUT2D eigenvalue weighted by Gasteiger charge is 2.36. The third kappa shape index (κ3) is 3.87. The Kier molecular flexibility index (Phi) is 5.10. The Balaban J connectivity index is 1.53. The zero-order valence-electron chi connectivity index (χ0n) is 12.6. The molecule has 6 heteroatoms. The van der Waals surface area contributed by atoms with E-state index >= 15 is 0 Å². The summed E-state index contributed by atoms with van der Waals surface area (Å²) < 4.78 is 5.39. The second-order valence-corrected chi connectivity index (χ2v) is 6.70. The zero-order valence-corrected chi connectivity index (χ0v) is 13.4. The van der Waals surface area contributed by atoms with Gasteiger partial charge in [0.2, 0.25) is 5.91 Å². The number of carbonyl (C=O) groups excluding carboxylic acids is 2. The maximum Gasteiger partial charge on any atom is 0.252 e. The van der Waals surface area contributed by atoms with Gasteiger partial charge in [0.1, 0.15) is 0 Å². The van der Waals surface area contributed by atoms with E-state index in [0.29, 0.717) is 18.7 Å². The minimum atomic E-state index is -0.0629. The summed E-state index contributed by atoms with van der Waals surface area (Å²) in [5.41, 5.74) is 0.691. The van der Waals surface area contributed by atoms with E-state index in [0.717, 1.165) is 38.9 Å². The van der Waals surface area contributed by atoms with Crippen LogP contribution < -0.4 is 5.32 Å². The first-order valence-corrected chi connectivity index (χ1v) is 8.88. The molecule has 1 aromatic heterocycles. The van der Waals surface area contributed by atoms with Gasteiger partial charge in [-0.25, -0.2) is 0 Å². The topological polar surface area (TPSA) is 58.6 Å². The van der Waals surface area contributed by atoms with E-state index in [1.807, 2.05) is 21.7 Å². The van der Waals surface area contributed by atoms with Crippen molar-refractivity contribution >= 4 is 23.2 Å². The van der Waals surface area contributed by atoms with E-state index in [-0.39, 0.29) is 23.8 Å². The predicted octanol–water partition coefficient (Wildman–Crippen LogP) is 1.90. The van der Waals surface area contributed by atoms with Crippen molar-refractivity contribution < 1.29 is 14.3 Å². The average Bonchev–Trinajstić information content (AvgIpc) is 3.26. The van der Waals surface area contributed by atoms with Crippen molar-refractivity contribution in [3.63, 3.8) is 0 Å². The van der Waals surface area contributed by atoms with E-state index in [2.05, 4.69) is 5.32 Å². The number of ether oxygens (including phenoxy) is 1. The van der Waals surface area contributed by atoms with E-state index in [1.54, 1.807) is 0 Å². The number of thiophene rings is 1. The molecule has 0 spiro atoms. The van der Waals surface area contributed by atoms with Crippen molar-refractivity contribution in [1.82, 2.24) is 10.2 Å². The van der Waals surface area contributed by atoms with Gasteiger partial charge in [0, 0.05) is 49.2 Å². The first-order valence-electron chi connectivity index (χ1n) is 7.94. The molecule has 0 unspecified atom stereocenters.